The molecule has 1 aliphatic carbocycles. The van der Waals surface area contributed by atoms with Gasteiger partial charge >= 0.3 is 0 Å². The van der Waals surface area contributed by atoms with Gasteiger partial charge in [0.1, 0.15) is 23.7 Å². The van der Waals surface area contributed by atoms with Crippen molar-refractivity contribution in [3.05, 3.63) is 22.8 Å². The van der Waals surface area contributed by atoms with Crippen molar-refractivity contribution < 1.29 is 9.47 Å². The standard InChI is InChI=1S/C19H27NO2/c1-12-8-14-10-16-15(9-13(2)21-16)17(18(14)22-12)19(11-20)6-4-3-5-7-19/h10,12-13H,3-9,11,20H2,1-2H3. The predicted octanol–water partition coefficient (Wildman–Crippen LogP) is 3.49. The van der Waals surface area contributed by atoms with E-state index in [9.17, 15) is 0 Å². The summed E-state index contributed by atoms with van der Waals surface area (Å²) < 4.78 is 12.4. The zero-order valence-electron chi connectivity index (χ0n) is 13.8. The molecule has 2 N–H and O–H groups in total. The minimum absolute atomic E-state index is 0.102. The van der Waals surface area contributed by atoms with Gasteiger partial charge in [-0.05, 0) is 32.8 Å². The summed E-state index contributed by atoms with van der Waals surface area (Å²) >= 11 is 0. The number of hydrogen-bond donors (Lipinski definition) is 1. The quantitative estimate of drug-likeness (QED) is 0.909. The molecule has 0 aromatic heterocycles. The van der Waals surface area contributed by atoms with Crippen molar-refractivity contribution in [2.75, 3.05) is 6.54 Å². The van der Waals surface area contributed by atoms with Crippen LogP contribution >= 0.6 is 0 Å². The number of benzene rings is 1. The zero-order valence-corrected chi connectivity index (χ0v) is 13.8. The van der Waals surface area contributed by atoms with E-state index in [2.05, 4.69) is 19.9 Å². The fraction of sp³-hybridized carbons (Fsp3) is 0.684. The SMILES string of the molecule is CC1Cc2c(cc3c(c2C2(CN)CCCCC2)OC(C)C3)O1. The molecule has 2 aliphatic heterocycles. The highest BCUT2D eigenvalue weighted by molar-refractivity contribution is 5.60. The predicted molar refractivity (Wildman–Crippen MR) is 87.8 cm³/mol. The molecule has 0 amide bonds. The topological polar surface area (TPSA) is 44.5 Å². The van der Waals surface area contributed by atoms with E-state index in [4.69, 9.17) is 15.2 Å². The van der Waals surface area contributed by atoms with Crippen molar-refractivity contribution in [1.29, 1.82) is 0 Å². The maximum atomic E-state index is 6.33. The highest BCUT2D eigenvalue weighted by Crippen LogP contribution is 2.52. The third-order valence-electron chi connectivity index (χ3n) is 5.80. The minimum Gasteiger partial charge on any atom is -0.490 e. The second kappa shape index (κ2) is 5.16. The second-order valence-corrected chi connectivity index (χ2v) is 7.53. The maximum Gasteiger partial charge on any atom is 0.127 e. The molecule has 3 nitrogen and oxygen atoms in total. The average molecular weight is 301 g/mol. The molecule has 2 atom stereocenters. The molecule has 3 heteroatoms. The summed E-state index contributed by atoms with van der Waals surface area (Å²) in [5, 5.41) is 0. The molecule has 1 aromatic rings. The Labute approximate surface area is 133 Å². The molecule has 2 unspecified atom stereocenters. The van der Waals surface area contributed by atoms with Crippen molar-refractivity contribution in [2.24, 2.45) is 5.73 Å². The van der Waals surface area contributed by atoms with Crippen molar-refractivity contribution in [3.8, 4) is 11.5 Å². The monoisotopic (exact) mass is 301 g/mol. The van der Waals surface area contributed by atoms with Crippen LogP contribution in [0, 0.1) is 0 Å². The fourth-order valence-corrected chi connectivity index (χ4v) is 4.77. The van der Waals surface area contributed by atoms with Crippen LogP contribution in [0.2, 0.25) is 0 Å². The van der Waals surface area contributed by atoms with Crippen LogP contribution in [0.15, 0.2) is 6.07 Å². The molecule has 3 aliphatic rings. The number of fused-ring (bicyclic) bond motifs is 2. The molecular formula is C19H27NO2. The Morgan fingerprint density at radius 3 is 2.55 bits per heavy atom. The Bertz CT molecular complexity index is 553. The summed E-state index contributed by atoms with van der Waals surface area (Å²) in [7, 11) is 0. The van der Waals surface area contributed by atoms with Gasteiger partial charge in [-0.15, -0.1) is 0 Å². The summed E-state index contributed by atoms with van der Waals surface area (Å²) in [4.78, 5) is 0. The van der Waals surface area contributed by atoms with E-state index in [1.807, 2.05) is 0 Å². The van der Waals surface area contributed by atoms with Gasteiger partial charge in [0, 0.05) is 41.5 Å². The van der Waals surface area contributed by atoms with Crippen LogP contribution in [-0.4, -0.2) is 18.8 Å². The zero-order chi connectivity index (χ0) is 15.3. The summed E-state index contributed by atoms with van der Waals surface area (Å²) in [5.74, 6) is 2.24. The first-order valence-corrected chi connectivity index (χ1v) is 8.85. The lowest BCUT2D eigenvalue weighted by atomic mass is 9.67. The summed E-state index contributed by atoms with van der Waals surface area (Å²) in [5.41, 5.74) is 10.6. The summed E-state index contributed by atoms with van der Waals surface area (Å²) in [6.45, 7) is 5.05. The lowest BCUT2D eigenvalue weighted by molar-refractivity contribution is 0.236. The van der Waals surface area contributed by atoms with Gasteiger partial charge in [-0.25, -0.2) is 0 Å². The molecule has 0 saturated heterocycles. The van der Waals surface area contributed by atoms with Crippen LogP contribution in [0.4, 0.5) is 0 Å². The number of hydrogen-bond acceptors (Lipinski definition) is 3. The molecule has 4 rings (SSSR count). The third-order valence-corrected chi connectivity index (χ3v) is 5.80. The van der Waals surface area contributed by atoms with Crippen LogP contribution in [0.5, 0.6) is 11.5 Å². The van der Waals surface area contributed by atoms with E-state index in [1.54, 1.807) is 0 Å². The molecule has 0 spiro atoms. The van der Waals surface area contributed by atoms with Crippen LogP contribution in [-0.2, 0) is 18.3 Å². The van der Waals surface area contributed by atoms with Gasteiger partial charge < -0.3 is 15.2 Å². The molecule has 120 valence electrons. The highest BCUT2D eigenvalue weighted by atomic mass is 16.5. The van der Waals surface area contributed by atoms with Gasteiger partial charge in [-0.3, -0.25) is 0 Å². The van der Waals surface area contributed by atoms with Crippen LogP contribution in [0.25, 0.3) is 0 Å². The minimum atomic E-state index is 0.102. The first-order chi connectivity index (χ1) is 10.6. The van der Waals surface area contributed by atoms with Crippen molar-refractivity contribution in [2.45, 2.75) is 76.4 Å². The van der Waals surface area contributed by atoms with Gasteiger partial charge in [-0.2, -0.15) is 0 Å². The lowest BCUT2D eigenvalue weighted by Gasteiger charge is -2.39. The van der Waals surface area contributed by atoms with Gasteiger partial charge in [-0.1, -0.05) is 19.3 Å². The van der Waals surface area contributed by atoms with Gasteiger partial charge in [0.05, 0.1) is 0 Å². The van der Waals surface area contributed by atoms with Crippen LogP contribution < -0.4 is 15.2 Å². The Balaban J connectivity index is 1.91. The smallest absolute Gasteiger partial charge is 0.127 e. The van der Waals surface area contributed by atoms with Gasteiger partial charge in [0.15, 0.2) is 0 Å². The van der Waals surface area contributed by atoms with Crippen molar-refractivity contribution in [3.63, 3.8) is 0 Å². The Hall–Kier alpha value is -1.22. The van der Waals surface area contributed by atoms with Crippen molar-refractivity contribution in [1.82, 2.24) is 0 Å². The largest absolute Gasteiger partial charge is 0.490 e. The number of nitrogens with two attached hydrogens (primary N) is 1. The highest BCUT2D eigenvalue weighted by Gasteiger charge is 2.42. The molecule has 1 aromatic carbocycles. The average Bonchev–Trinajstić information content (AvgIpc) is 3.05. The summed E-state index contributed by atoms with van der Waals surface area (Å²) in [6.07, 6.45) is 8.81. The molecular weight excluding hydrogens is 274 g/mol. The van der Waals surface area contributed by atoms with E-state index in [-0.39, 0.29) is 17.6 Å². The molecule has 1 saturated carbocycles. The van der Waals surface area contributed by atoms with Gasteiger partial charge in [0.25, 0.3) is 0 Å². The Morgan fingerprint density at radius 2 is 1.82 bits per heavy atom. The van der Waals surface area contributed by atoms with E-state index in [0.717, 1.165) is 30.9 Å². The van der Waals surface area contributed by atoms with E-state index in [1.165, 1.54) is 48.8 Å². The molecule has 0 bridgehead atoms. The molecule has 0 radical (unpaired) electrons. The number of ether oxygens (including phenoxy) is 2. The Kier molecular flexibility index (Phi) is 3.37. The van der Waals surface area contributed by atoms with Crippen molar-refractivity contribution >= 4 is 0 Å². The lowest BCUT2D eigenvalue weighted by Crippen LogP contribution is -2.38. The van der Waals surface area contributed by atoms with E-state index in [0.29, 0.717) is 0 Å². The van der Waals surface area contributed by atoms with Crippen LogP contribution in [0.3, 0.4) is 0 Å². The first-order valence-electron chi connectivity index (χ1n) is 8.85. The first kappa shape index (κ1) is 14.4. The Morgan fingerprint density at radius 1 is 1.09 bits per heavy atom. The number of rotatable bonds is 2. The van der Waals surface area contributed by atoms with E-state index >= 15 is 0 Å². The molecule has 2 heterocycles. The van der Waals surface area contributed by atoms with E-state index < -0.39 is 0 Å². The fourth-order valence-electron chi connectivity index (χ4n) is 4.77. The second-order valence-electron chi connectivity index (χ2n) is 7.53. The maximum absolute atomic E-state index is 6.33. The third kappa shape index (κ3) is 2.05. The van der Waals surface area contributed by atoms with Gasteiger partial charge in [0.2, 0.25) is 0 Å². The normalized spacial score (nSPS) is 28.7. The molecule has 1 fully saturated rings. The van der Waals surface area contributed by atoms with Crippen LogP contribution in [0.1, 0.15) is 62.6 Å². The summed E-state index contributed by atoms with van der Waals surface area (Å²) in [6, 6.07) is 2.23. The molecule has 22 heavy (non-hydrogen) atoms.